The summed E-state index contributed by atoms with van der Waals surface area (Å²) in [4.78, 5) is 35.3. The van der Waals surface area contributed by atoms with E-state index >= 15 is 0 Å². The fourth-order valence-electron chi connectivity index (χ4n) is 4.20. The first-order valence-electron chi connectivity index (χ1n) is 11.7. The highest BCUT2D eigenvalue weighted by Crippen LogP contribution is 2.43. The van der Waals surface area contributed by atoms with Crippen molar-refractivity contribution in [2.45, 2.75) is 33.6 Å². The average molecular weight is 505 g/mol. The molecular formula is C27H28N4O4S. The Morgan fingerprint density at radius 1 is 0.944 bits per heavy atom. The van der Waals surface area contributed by atoms with E-state index in [1.165, 1.54) is 11.3 Å². The molecule has 0 amide bonds. The number of dihydropyridines is 1. The second-order valence-corrected chi connectivity index (χ2v) is 8.90. The standard InChI is InChI=1S/C27H28N4O4S/c1-5-34-25(32)22-16(3)29-17(4)23(26(33)35-6-2)24(22)18-11-7-8-12-19(18)30-27-31-21(15-36-27)20-13-9-10-14-28-20/h7-15,24,29H,5-6H2,1-4H3,(H,30,31). The highest BCUT2D eigenvalue weighted by Gasteiger charge is 2.39. The van der Waals surface area contributed by atoms with E-state index in [-0.39, 0.29) is 13.2 Å². The molecule has 9 heteroatoms. The van der Waals surface area contributed by atoms with Crippen LogP contribution in [0, 0.1) is 0 Å². The van der Waals surface area contributed by atoms with Crippen LogP contribution in [0.4, 0.5) is 10.8 Å². The first kappa shape index (κ1) is 25.1. The number of esters is 2. The molecule has 0 spiro atoms. The summed E-state index contributed by atoms with van der Waals surface area (Å²) in [6, 6.07) is 13.2. The lowest BCUT2D eigenvalue weighted by Crippen LogP contribution is -2.32. The van der Waals surface area contributed by atoms with Crippen LogP contribution in [0.5, 0.6) is 0 Å². The van der Waals surface area contributed by atoms with Crippen LogP contribution in [0.2, 0.25) is 0 Å². The minimum absolute atomic E-state index is 0.217. The van der Waals surface area contributed by atoms with Crippen molar-refractivity contribution >= 4 is 34.1 Å². The smallest absolute Gasteiger partial charge is 0.336 e. The van der Waals surface area contributed by atoms with E-state index in [4.69, 9.17) is 9.47 Å². The fraction of sp³-hybridized carbons (Fsp3) is 0.259. The van der Waals surface area contributed by atoms with Gasteiger partial charge in [-0.25, -0.2) is 14.6 Å². The molecule has 2 N–H and O–H groups in total. The van der Waals surface area contributed by atoms with E-state index in [0.29, 0.717) is 27.7 Å². The van der Waals surface area contributed by atoms with Gasteiger partial charge < -0.3 is 20.1 Å². The van der Waals surface area contributed by atoms with E-state index in [1.807, 2.05) is 47.8 Å². The summed E-state index contributed by atoms with van der Waals surface area (Å²) in [5.74, 6) is -1.66. The van der Waals surface area contributed by atoms with Crippen molar-refractivity contribution in [2.75, 3.05) is 18.5 Å². The Morgan fingerprint density at radius 2 is 1.58 bits per heavy atom. The van der Waals surface area contributed by atoms with Crippen molar-refractivity contribution < 1.29 is 19.1 Å². The van der Waals surface area contributed by atoms with Gasteiger partial charge in [0.15, 0.2) is 5.13 Å². The Balaban J connectivity index is 1.79. The molecule has 0 saturated heterocycles. The van der Waals surface area contributed by atoms with Gasteiger partial charge in [0.25, 0.3) is 0 Å². The number of nitrogens with one attached hydrogen (secondary N) is 2. The number of hydrogen-bond acceptors (Lipinski definition) is 9. The monoisotopic (exact) mass is 504 g/mol. The third-order valence-corrected chi connectivity index (χ3v) is 6.45. The predicted octanol–water partition coefficient (Wildman–Crippen LogP) is 5.31. The predicted molar refractivity (Wildman–Crippen MR) is 140 cm³/mol. The van der Waals surface area contributed by atoms with Crippen molar-refractivity contribution in [1.82, 2.24) is 15.3 Å². The topological polar surface area (TPSA) is 102 Å². The Labute approximate surface area is 214 Å². The number of carbonyl (C=O) groups excluding carboxylic acids is 2. The molecule has 186 valence electrons. The van der Waals surface area contributed by atoms with E-state index in [2.05, 4.69) is 20.6 Å². The Kier molecular flexibility index (Phi) is 7.80. The maximum Gasteiger partial charge on any atom is 0.336 e. The number of carbonyl (C=O) groups is 2. The van der Waals surface area contributed by atoms with Gasteiger partial charge in [0.1, 0.15) is 5.69 Å². The van der Waals surface area contributed by atoms with Gasteiger partial charge in [-0.2, -0.15) is 0 Å². The molecule has 1 aromatic carbocycles. The first-order chi connectivity index (χ1) is 17.4. The van der Waals surface area contributed by atoms with Crippen molar-refractivity contribution in [3.8, 4) is 11.4 Å². The van der Waals surface area contributed by atoms with E-state index in [9.17, 15) is 9.59 Å². The van der Waals surface area contributed by atoms with E-state index in [1.54, 1.807) is 33.9 Å². The van der Waals surface area contributed by atoms with Gasteiger partial charge in [-0.15, -0.1) is 11.3 Å². The van der Waals surface area contributed by atoms with Crippen molar-refractivity contribution in [3.05, 3.63) is 82.1 Å². The molecule has 0 bridgehead atoms. The number of hydrogen-bond donors (Lipinski definition) is 2. The molecule has 0 saturated carbocycles. The van der Waals surface area contributed by atoms with Crippen LogP contribution in [-0.2, 0) is 19.1 Å². The molecule has 3 heterocycles. The summed E-state index contributed by atoms with van der Waals surface area (Å²) in [5, 5.41) is 9.14. The molecule has 1 aliphatic rings. The van der Waals surface area contributed by atoms with Crippen molar-refractivity contribution in [3.63, 3.8) is 0 Å². The summed E-state index contributed by atoms with van der Waals surface area (Å²) in [6.45, 7) is 7.55. The summed E-state index contributed by atoms with van der Waals surface area (Å²) in [7, 11) is 0. The lowest BCUT2D eigenvalue weighted by atomic mass is 9.79. The van der Waals surface area contributed by atoms with Gasteiger partial charge in [0.2, 0.25) is 0 Å². The number of para-hydroxylation sites is 1. The number of nitrogens with zero attached hydrogens (tertiary/aromatic N) is 2. The second-order valence-electron chi connectivity index (χ2n) is 8.04. The number of ether oxygens (including phenoxy) is 2. The van der Waals surface area contributed by atoms with Crippen molar-refractivity contribution in [2.24, 2.45) is 0 Å². The van der Waals surface area contributed by atoms with Crippen LogP contribution >= 0.6 is 11.3 Å². The number of thiazole rings is 1. The molecule has 4 rings (SSSR count). The van der Waals surface area contributed by atoms with Crippen LogP contribution in [0.25, 0.3) is 11.4 Å². The van der Waals surface area contributed by atoms with Gasteiger partial charge >= 0.3 is 11.9 Å². The molecule has 3 aromatic rings. The second kappa shape index (κ2) is 11.2. The highest BCUT2D eigenvalue weighted by molar-refractivity contribution is 7.14. The zero-order valence-corrected chi connectivity index (χ0v) is 21.4. The summed E-state index contributed by atoms with van der Waals surface area (Å²) in [5.41, 5.74) is 4.99. The zero-order valence-electron chi connectivity index (χ0n) is 20.6. The summed E-state index contributed by atoms with van der Waals surface area (Å²) in [6.07, 6.45) is 1.73. The zero-order chi connectivity index (χ0) is 25.7. The maximum absolute atomic E-state index is 13.1. The average Bonchev–Trinajstić information content (AvgIpc) is 3.33. The molecule has 0 fully saturated rings. The minimum Gasteiger partial charge on any atom is -0.463 e. The van der Waals surface area contributed by atoms with Gasteiger partial charge in [0, 0.05) is 28.7 Å². The molecule has 0 unspecified atom stereocenters. The number of benzene rings is 1. The summed E-state index contributed by atoms with van der Waals surface area (Å²) < 4.78 is 10.8. The maximum atomic E-state index is 13.1. The third-order valence-electron chi connectivity index (χ3n) is 5.70. The lowest BCUT2D eigenvalue weighted by Gasteiger charge is -2.31. The molecule has 0 aliphatic carbocycles. The molecule has 0 radical (unpaired) electrons. The van der Waals surface area contributed by atoms with Gasteiger partial charge in [0.05, 0.1) is 36.0 Å². The lowest BCUT2D eigenvalue weighted by molar-refractivity contribution is -0.139. The van der Waals surface area contributed by atoms with Crippen LogP contribution < -0.4 is 10.6 Å². The first-order valence-corrected chi connectivity index (χ1v) is 12.6. The molecule has 2 aromatic heterocycles. The van der Waals surface area contributed by atoms with Crippen molar-refractivity contribution in [1.29, 1.82) is 0 Å². The Hall–Kier alpha value is -3.98. The van der Waals surface area contributed by atoms with Gasteiger partial charge in [-0.3, -0.25) is 4.98 Å². The normalized spacial score (nSPS) is 13.9. The molecule has 8 nitrogen and oxygen atoms in total. The highest BCUT2D eigenvalue weighted by atomic mass is 32.1. The summed E-state index contributed by atoms with van der Waals surface area (Å²) >= 11 is 1.44. The fourth-order valence-corrected chi connectivity index (χ4v) is 4.92. The number of aromatic nitrogens is 2. The Morgan fingerprint density at radius 3 is 2.19 bits per heavy atom. The van der Waals surface area contributed by atoms with E-state index < -0.39 is 17.9 Å². The number of rotatable bonds is 8. The molecule has 1 aliphatic heterocycles. The van der Waals surface area contributed by atoms with Gasteiger partial charge in [-0.1, -0.05) is 24.3 Å². The quantitative estimate of drug-likeness (QED) is 0.398. The molecular weight excluding hydrogens is 476 g/mol. The molecule has 0 atom stereocenters. The van der Waals surface area contributed by atoms with Gasteiger partial charge in [-0.05, 0) is 51.5 Å². The largest absolute Gasteiger partial charge is 0.463 e. The third kappa shape index (κ3) is 5.16. The van der Waals surface area contributed by atoms with Crippen LogP contribution in [0.15, 0.2) is 76.6 Å². The number of anilines is 2. The molecule has 36 heavy (non-hydrogen) atoms. The Bertz CT molecular complexity index is 1290. The minimum atomic E-state index is -0.691. The van der Waals surface area contributed by atoms with Crippen LogP contribution in [-0.4, -0.2) is 35.1 Å². The van der Waals surface area contributed by atoms with Crippen LogP contribution in [0.3, 0.4) is 0 Å². The SMILES string of the molecule is CCOC(=O)C1=C(C)NC(C)=C(C(=O)OCC)C1c1ccccc1Nc1nc(-c2ccccn2)cs1. The number of allylic oxidation sites excluding steroid dienone is 2. The van der Waals surface area contributed by atoms with E-state index in [0.717, 1.165) is 22.6 Å². The van der Waals surface area contributed by atoms with Crippen LogP contribution in [0.1, 0.15) is 39.2 Å². The number of pyridine rings is 1.